The van der Waals surface area contributed by atoms with E-state index in [1.165, 1.54) is 7.11 Å². The van der Waals surface area contributed by atoms with Crippen LogP contribution in [0.1, 0.15) is 16.7 Å². The lowest BCUT2D eigenvalue weighted by atomic mass is 10.0. The molecule has 0 amide bonds. The molecule has 0 radical (unpaired) electrons. The molecule has 29 heavy (non-hydrogen) atoms. The molecule has 1 N–H and O–H groups in total. The molecule has 0 unspecified atom stereocenters. The SMILES string of the molecule is C=CCc1cc(OC)cc(CN2CCN(Cc3ccc(OC)c(F)c3)CC2)c1O. The first kappa shape index (κ1) is 21.1. The normalized spacial score (nSPS) is 15.3. The van der Waals surface area contributed by atoms with Gasteiger partial charge in [0, 0.05) is 50.4 Å². The summed E-state index contributed by atoms with van der Waals surface area (Å²) in [5.41, 5.74) is 2.64. The molecule has 5 nitrogen and oxygen atoms in total. The summed E-state index contributed by atoms with van der Waals surface area (Å²) in [7, 11) is 3.10. The Morgan fingerprint density at radius 3 is 2.24 bits per heavy atom. The molecular weight excluding hydrogens is 371 g/mol. The molecule has 0 atom stereocenters. The Morgan fingerprint density at radius 2 is 1.66 bits per heavy atom. The zero-order chi connectivity index (χ0) is 20.8. The molecule has 1 aliphatic heterocycles. The van der Waals surface area contributed by atoms with Crippen LogP contribution in [0.3, 0.4) is 0 Å². The van der Waals surface area contributed by atoms with E-state index in [0.717, 1.165) is 48.6 Å². The number of piperazine rings is 1. The van der Waals surface area contributed by atoms with Crippen LogP contribution in [0.4, 0.5) is 4.39 Å². The first-order valence-electron chi connectivity index (χ1n) is 9.80. The van der Waals surface area contributed by atoms with E-state index in [9.17, 15) is 9.50 Å². The second-order valence-corrected chi connectivity index (χ2v) is 7.31. The van der Waals surface area contributed by atoms with Gasteiger partial charge in [-0.25, -0.2) is 4.39 Å². The van der Waals surface area contributed by atoms with E-state index in [2.05, 4.69) is 16.4 Å². The fraction of sp³-hybridized carbons (Fsp3) is 0.391. The van der Waals surface area contributed by atoms with Crippen molar-refractivity contribution in [2.75, 3.05) is 40.4 Å². The molecular formula is C23H29FN2O3. The standard InChI is InChI=1S/C23H29FN2O3/c1-4-5-18-13-20(28-2)14-19(23(18)27)16-26-10-8-25(9-11-26)15-17-6-7-22(29-3)21(24)12-17/h4,6-7,12-14,27H,1,5,8-11,15-16H2,2-3H3. The predicted octanol–water partition coefficient (Wildman–Crippen LogP) is 3.59. The molecule has 1 aliphatic rings. The van der Waals surface area contributed by atoms with E-state index in [1.54, 1.807) is 25.3 Å². The van der Waals surface area contributed by atoms with Gasteiger partial charge in [-0.2, -0.15) is 0 Å². The van der Waals surface area contributed by atoms with Gasteiger partial charge < -0.3 is 14.6 Å². The Balaban J connectivity index is 1.59. The highest BCUT2D eigenvalue weighted by molar-refractivity contribution is 5.47. The van der Waals surface area contributed by atoms with Crippen LogP contribution in [0.2, 0.25) is 0 Å². The molecule has 0 spiro atoms. The lowest BCUT2D eigenvalue weighted by Gasteiger charge is -2.35. The molecule has 6 heteroatoms. The van der Waals surface area contributed by atoms with Crippen LogP contribution in [0.25, 0.3) is 0 Å². The largest absolute Gasteiger partial charge is 0.507 e. The number of phenolic OH excluding ortho intramolecular Hbond substituents is 1. The van der Waals surface area contributed by atoms with Gasteiger partial charge in [-0.15, -0.1) is 6.58 Å². The van der Waals surface area contributed by atoms with Gasteiger partial charge in [0.05, 0.1) is 14.2 Å². The molecule has 0 aliphatic carbocycles. The smallest absolute Gasteiger partial charge is 0.165 e. The van der Waals surface area contributed by atoms with Crippen molar-refractivity contribution in [2.45, 2.75) is 19.5 Å². The van der Waals surface area contributed by atoms with Crippen LogP contribution >= 0.6 is 0 Å². The maximum absolute atomic E-state index is 13.9. The number of halogens is 1. The van der Waals surface area contributed by atoms with Gasteiger partial charge in [-0.3, -0.25) is 9.80 Å². The van der Waals surface area contributed by atoms with Crippen molar-refractivity contribution in [3.8, 4) is 17.2 Å². The van der Waals surface area contributed by atoms with Crippen LogP contribution in [0.5, 0.6) is 17.2 Å². The number of rotatable bonds is 8. The molecule has 0 aromatic heterocycles. The lowest BCUT2D eigenvalue weighted by Crippen LogP contribution is -2.45. The van der Waals surface area contributed by atoms with E-state index in [0.29, 0.717) is 25.3 Å². The Kier molecular flexibility index (Phi) is 7.12. The van der Waals surface area contributed by atoms with E-state index in [4.69, 9.17) is 9.47 Å². The summed E-state index contributed by atoms with van der Waals surface area (Å²) in [6.07, 6.45) is 2.38. The maximum atomic E-state index is 13.9. The summed E-state index contributed by atoms with van der Waals surface area (Å²) in [5, 5.41) is 10.6. The highest BCUT2D eigenvalue weighted by Crippen LogP contribution is 2.30. The monoisotopic (exact) mass is 400 g/mol. The minimum absolute atomic E-state index is 0.271. The molecule has 1 heterocycles. The Bertz CT molecular complexity index is 848. The average Bonchev–Trinajstić information content (AvgIpc) is 2.72. The van der Waals surface area contributed by atoms with Crippen molar-refractivity contribution in [3.63, 3.8) is 0 Å². The summed E-state index contributed by atoms with van der Waals surface area (Å²) >= 11 is 0. The van der Waals surface area contributed by atoms with Gasteiger partial charge in [-0.05, 0) is 36.2 Å². The van der Waals surface area contributed by atoms with Crippen molar-refractivity contribution in [2.24, 2.45) is 0 Å². The summed E-state index contributed by atoms with van der Waals surface area (Å²) < 4.78 is 24.3. The van der Waals surface area contributed by atoms with E-state index in [-0.39, 0.29) is 11.6 Å². The summed E-state index contributed by atoms with van der Waals surface area (Å²) in [5.74, 6) is 1.01. The maximum Gasteiger partial charge on any atom is 0.165 e. The molecule has 2 aromatic rings. The third kappa shape index (κ3) is 5.28. The number of hydrogen-bond acceptors (Lipinski definition) is 5. The summed E-state index contributed by atoms with van der Waals surface area (Å²) in [4.78, 5) is 4.63. The minimum Gasteiger partial charge on any atom is -0.507 e. The highest BCUT2D eigenvalue weighted by Gasteiger charge is 2.20. The first-order valence-corrected chi connectivity index (χ1v) is 9.80. The lowest BCUT2D eigenvalue weighted by molar-refractivity contribution is 0.121. The molecule has 3 rings (SSSR count). The molecule has 0 saturated carbocycles. The highest BCUT2D eigenvalue weighted by atomic mass is 19.1. The number of nitrogens with zero attached hydrogens (tertiary/aromatic N) is 2. The summed E-state index contributed by atoms with van der Waals surface area (Å²) in [6.45, 7) is 8.67. The van der Waals surface area contributed by atoms with E-state index >= 15 is 0 Å². The summed E-state index contributed by atoms with van der Waals surface area (Å²) in [6, 6.07) is 8.87. The topological polar surface area (TPSA) is 45.2 Å². The van der Waals surface area contributed by atoms with Gasteiger partial charge in [0.2, 0.25) is 0 Å². The van der Waals surface area contributed by atoms with Crippen LogP contribution in [0, 0.1) is 5.82 Å². The molecule has 156 valence electrons. The zero-order valence-electron chi connectivity index (χ0n) is 17.2. The molecule has 1 fully saturated rings. The predicted molar refractivity (Wildman–Crippen MR) is 112 cm³/mol. The van der Waals surface area contributed by atoms with Gasteiger partial charge in [-0.1, -0.05) is 12.1 Å². The number of benzene rings is 2. The second kappa shape index (κ2) is 9.76. The molecule has 1 saturated heterocycles. The zero-order valence-corrected chi connectivity index (χ0v) is 17.2. The van der Waals surface area contributed by atoms with Gasteiger partial charge in [0.25, 0.3) is 0 Å². The quantitative estimate of drug-likeness (QED) is 0.686. The number of phenols is 1. The van der Waals surface area contributed by atoms with Crippen LogP contribution in [-0.4, -0.2) is 55.3 Å². The average molecular weight is 400 g/mol. The van der Waals surface area contributed by atoms with Gasteiger partial charge >= 0.3 is 0 Å². The van der Waals surface area contributed by atoms with E-state index < -0.39 is 0 Å². The van der Waals surface area contributed by atoms with Crippen molar-refractivity contribution in [1.82, 2.24) is 9.80 Å². The third-order valence-electron chi connectivity index (χ3n) is 5.32. The minimum atomic E-state index is -0.326. The Morgan fingerprint density at radius 1 is 1.00 bits per heavy atom. The number of allylic oxidation sites excluding steroid dienone is 1. The van der Waals surface area contributed by atoms with Crippen LogP contribution in [-0.2, 0) is 19.5 Å². The number of ether oxygens (including phenoxy) is 2. The van der Waals surface area contributed by atoms with Crippen molar-refractivity contribution < 1.29 is 19.0 Å². The van der Waals surface area contributed by atoms with Crippen molar-refractivity contribution in [1.29, 1.82) is 0 Å². The first-order chi connectivity index (χ1) is 14.0. The van der Waals surface area contributed by atoms with Crippen molar-refractivity contribution >= 4 is 0 Å². The van der Waals surface area contributed by atoms with Crippen LogP contribution in [0.15, 0.2) is 43.0 Å². The number of aromatic hydroxyl groups is 1. The number of methoxy groups -OCH3 is 2. The van der Waals surface area contributed by atoms with Crippen molar-refractivity contribution in [3.05, 3.63) is 65.5 Å². The third-order valence-corrected chi connectivity index (χ3v) is 5.32. The van der Waals surface area contributed by atoms with Gasteiger partial charge in [0.1, 0.15) is 11.5 Å². The van der Waals surface area contributed by atoms with Crippen LogP contribution < -0.4 is 9.47 Å². The Labute approximate surface area is 172 Å². The fourth-order valence-electron chi connectivity index (χ4n) is 3.69. The van der Waals surface area contributed by atoms with E-state index in [1.807, 2.05) is 18.2 Å². The fourth-order valence-corrected chi connectivity index (χ4v) is 3.69. The Hall–Kier alpha value is -2.57. The molecule has 2 aromatic carbocycles. The molecule has 0 bridgehead atoms. The number of hydrogen-bond donors (Lipinski definition) is 1. The second-order valence-electron chi connectivity index (χ2n) is 7.31. The van der Waals surface area contributed by atoms with Gasteiger partial charge in [0.15, 0.2) is 11.6 Å².